The van der Waals surface area contributed by atoms with E-state index >= 15 is 0 Å². The lowest BCUT2D eigenvalue weighted by Crippen LogP contribution is -2.62. The molecule has 2 aliphatic heterocycles. The van der Waals surface area contributed by atoms with E-state index < -0.39 is 16.5 Å². The third-order valence-corrected chi connectivity index (χ3v) is 8.52. The summed E-state index contributed by atoms with van der Waals surface area (Å²) in [5, 5.41) is 3.26. The monoisotopic (exact) mass is 511 g/mol. The molecule has 1 N–H and O–H groups in total. The third-order valence-electron chi connectivity index (χ3n) is 5.29. The van der Waals surface area contributed by atoms with Crippen LogP contribution >= 0.6 is 58.2 Å². The molecule has 0 bridgehead atoms. The van der Waals surface area contributed by atoms with Crippen LogP contribution in [0, 0.1) is 0 Å². The van der Waals surface area contributed by atoms with Gasteiger partial charge in [-0.1, -0.05) is 58.2 Å². The van der Waals surface area contributed by atoms with E-state index in [0.717, 1.165) is 12.8 Å². The Labute approximate surface area is 197 Å². The van der Waals surface area contributed by atoms with Gasteiger partial charge in [-0.3, -0.25) is 4.79 Å². The van der Waals surface area contributed by atoms with Crippen molar-refractivity contribution in [2.75, 3.05) is 6.61 Å². The molecule has 1 saturated carbocycles. The van der Waals surface area contributed by atoms with Gasteiger partial charge in [0.15, 0.2) is 17.1 Å². The van der Waals surface area contributed by atoms with E-state index in [1.165, 1.54) is 18.7 Å². The van der Waals surface area contributed by atoms with Gasteiger partial charge in [0, 0.05) is 13.3 Å². The molecule has 0 saturated heterocycles. The van der Waals surface area contributed by atoms with Gasteiger partial charge in [-0.25, -0.2) is 4.79 Å². The zero-order valence-electron chi connectivity index (χ0n) is 16.0. The van der Waals surface area contributed by atoms with Crippen LogP contribution in [-0.4, -0.2) is 29.0 Å². The van der Waals surface area contributed by atoms with E-state index in [0.29, 0.717) is 17.9 Å². The Hall–Kier alpha value is -0.990. The molecule has 1 aromatic rings. The summed E-state index contributed by atoms with van der Waals surface area (Å²) in [5.41, 5.74) is -1.04. The van der Waals surface area contributed by atoms with Gasteiger partial charge in [0.2, 0.25) is 10.8 Å². The van der Waals surface area contributed by atoms with Crippen molar-refractivity contribution in [1.82, 2.24) is 5.32 Å². The standard InChI is InChI=1S/C19H17Cl4NO5S/c1-3-27-17(26)9-16(24-8(2)25)30-19-7-5-4-6-18(9,19)28-14-12(22)10(20)11(21)13(23)15(14)29-19/h3-7H2,1-2H3,(H,24,25)/t18-,19-/m1/s1. The van der Waals surface area contributed by atoms with Gasteiger partial charge < -0.3 is 19.5 Å². The maximum Gasteiger partial charge on any atom is 0.340 e. The minimum atomic E-state index is -1.24. The number of ether oxygens (including phenoxy) is 3. The highest BCUT2D eigenvalue weighted by Crippen LogP contribution is 2.67. The van der Waals surface area contributed by atoms with Gasteiger partial charge in [0.25, 0.3) is 0 Å². The van der Waals surface area contributed by atoms with Crippen LogP contribution in [0.3, 0.4) is 0 Å². The van der Waals surface area contributed by atoms with Crippen molar-refractivity contribution in [3.8, 4) is 11.5 Å². The predicted octanol–water partition coefficient (Wildman–Crippen LogP) is 5.74. The number of hydrogen-bond donors (Lipinski definition) is 1. The van der Waals surface area contributed by atoms with Crippen LogP contribution in [0.15, 0.2) is 10.6 Å². The van der Waals surface area contributed by atoms with Crippen LogP contribution in [0.25, 0.3) is 0 Å². The van der Waals surface area contributed by atoms with Crippen molar-refractivity contribution in [1.29, 1.82) is 0 Å². The summed E-state index contributed by atoms with van der Waals surface area (Å²) in [6.07, 6.45) is 2.58. The molecule has 4 rings (SSSR count). The zero-order chi connectivity index (χ0) is 21.8. The van der Waals surface area contributed by atoms with Crippen LogP contribution in [0.2, 0.25) is 20.1 Å². The summed E-state index contributed by atoms with van der Waals surface area (Å²) < 4.78 is 18.2. The smallest absolute Gasteiger partial charge is 0.340 e. The first-order valence-corrected chi connectivity index (χ1v) is 11.6. The number of thioether (sulfide) groups is 1. The van der Waals surface area contributed by atoms with Crippen LogP contribution in [0.1, 0.15) is 39.5 Å². The number of esters is 1. The molecule has 1 amide bonds. The van der Waals surface area contributed by atoms with Crippen molar-refractivity contribution >= 4 is 70.0 Å². The Morgan fingerprint density at radius 3 is 2.23 bits per heavy atom. The number of rotatable bonds is 3. The molecule has 0 radical (unpaired) electrons. The van der Waals surface area contributed by atoms with E-state index in [-0.39, 0.29) is 49.7 Å². The van der Waals surface area contributed by atoms with Gasteiger partial charge in [0.1, 0.15) is 15.6 Å². The minimum Gasteiger partial charge on any atom is -0.471 e. The summed E-state index contributed by atoms with van der Waals surface area (Å²) in [6.45, 7) is 3.23. The molecule has 2 atom stereocenters. The topological polar surface area (TPSA) is 73.9 Å². The molecule has 1 aliphatic carbocycles. The Balaban J connectivity index is 1.96. The SMILES string of the molecule is CCOC(=O)C1=C(NC(C)=O)S[C@]23CCCC[C@@]12Oc1c(Cl)c(Cl)c(Cl)c(Cl)c1O3. The fourth-order valence-electron chi connectivity index (χ4n) is 4.13. The van der Waals surface area contributed by atoms with Crippen LogP contribution < -0.4 is 14.8 Å². The van der Waals surface area contributed by atoms with Crippen molar-refractivity contribution in [2.24, 2.45) is 0 Å². The molecular weight excluding hydrogens is 496 g/mol. The third kappa shape index (κ3) is 3.08. The quantitative estimate of drug-likeness (QED) is 0.316. The fourth-order valence-corrected chi connectivity index (χ4v) is 6.68. The van der Waals surface area contributed by atoms with E-state index in [1.54, 1.807) is 6.92 Å². The summed E-state index contributed by atoms with van der Waals surface area (Å²) in [7, 11) is 0. The van der Waals surface area contributed by atoms with Gasteiger partial charge in [-0.15, -0.1) is 0 Å². The molecule has 11 heteroatoms. The van der Waals surface area contributed by atoms with Gasteiger partial charge in [0.05, 0.1) is 21.7 Å². The number of carbonyl (C=O) groups excluding carboxylic acids is 2. The summed E-state index contributed by atoms with van der Waals surface area (Å²) in [6, 6.07) is 0. The molecule has 6 nitrogen and oxygen atoms in total. The van der Waals surface area contributed by atoms with E-state index in [9.17, 15) is 9.59 Å². The lowest BCUT2D eigenvalue weighted by atomic mass is 9.75. The van der Waals surface area contributed by atoms with E-state index in [4.69, 9.17) is 60.6 Å². The molecule has 2 heterocycles. The van der Waals surface area contributed by atoms with Crippen molar-refractivity contribution in [3.05, 3.63) is 30.7 Å². The first-order valence-electron chi connectivity index (χ1n) is 9.30. The Morgan fingerprint density at radius 1 is 1.03 bits per heavy atom. The largest absolute Gasteiger partial charge is 0.471 e. The minimum absolute atomic E-state index is 0.0276. The second-order valence-electron chi connectivity index (χ2n) is 7.11. The molecule has 3 aliphatic rings. The lowest BCUT2D eigenvalue weighted by molar-refractivity contribution is -0.146. The second kappa shape index (κ2) is 7.85. The van der Waals surface area contributed by atoms with Crippen LogP contribution in [0.5, 0.6) is 11.5 Å². The molecule has 0 aromatic heterocycles. The summed E-state index contributed by atoms with van der Waals surface area (Å²) in [4.78, 5) is 23.9. The number of amides is 1. The summed E-state index contributed by atoms with van der Waals surface area (Å²) >= 11 is 26.5. The highest BCUT2D eigenvalue weighted by molar-refractivity contribution is 8.04. The highest BCUT2D eigenvalue weighted by Gasteiger charge is 2.70. The first-order chi connectivity index (χ1) is 14.2. The van der Waals surface area contributed by atoms with Crippen molar-refractivity contribution in [2.45, 2.75) is 50.1 Å². The second-order valence-corrected chi connectivity index (χ2v) is 9.90. The highest BCUT2D eigenvalue weighted by atomic mass is 35.5. The number of hydrogen-bond acceptors (Lipinski definition) is 6. The zero-order valence-corrected chi connectivity index (χ0v) is 19.8. The Morgan fingerprint density at radius 2 is 1.63 bits per heavy atom. The normalized spacial score (nSPS) is 26.7. The first kappa shape index (κ1) is 22.2. The van der Waals surface area contributed by atoms with Crippen molar-refractivity contribution < 1.29 is 23.8 Å². The fraction of sp³-hybridized carbons (Fsp3) is 0.474. The van der Waals surface area contributed by atoms with Gasteiger partial charge in [-0.05, 0) is 26.2 Å². The Bertz CT molecular complexity index is 1000. The molecule has 1 fully saturated rings. The van der Waals surface area contributed by atoms with Crippen LogP contribution in [-0.2, 0) is 14.3 Å². The van der Waals surface area contributed by atoms with E-state index in [1.807, 2.05) is 0 Å². The molecule has 162 valence electrons. The molecule has 0 unspecified atom stereocenters. The lowest BCUT2D eigenvalue weighted by Gasteiger charge is -2.51. The molecule has 30 heavy (non-hydrogen) atoms. The number of fused-ring (bicyclic) bond motifs is 1. The maximum absolute atomic E-state index is 13.0. The van der Waals surface area contributed by atoms with Gasteiger partial charge >= 0.3 is 5.97 Å². The average Bonchev–Trinajstić information content (AvgIpc) is 2.98. The predicted molar refractivity (Wildman–Crippen MR) is 117 cm³/mol. The number of carbonyl (C=O) groups is 2. The maximum atomic E-state index is 13.0. The molecule has 0 spiro atoms. The average molecular weight is 513 g/mol. The van der Waals surface area contributed by atoms with Crippen LogP contribution in [0.4, 0.5) is 0 Å². The number of benzene rings is 1. The molecule has 1 aromatic carbocycles. The van der Waals surface area contributed by atoms with Crippen molar-refractivity contribution in [3.63, 3.8) is 0 Å². The number of halogens is 4. The molecular formula is C19H17Cl4NO5S. The van der Waals surface area contributed by atoms with E-state index in [2.05, 4.69) is 5.32 Å². The number of nitrogens with one attached hydrogen (secondary N) is 1. The summed E-state index contributed by atoms with van der Waals surface area (Å²) in [5.74, 6) is -0.651. The van der Waals surface area contributed by atoms with Gasteiger partial charge in [-0.2, -0.15) is 0 Å². The Kier molecular flexibility index (Phi) is 5.81.